The number of carbonyl (C=O) groups excluding carboxylic acids is 1. The minimum absolute atomic E-state index is 0.108. The fourth-order valence-corrected chi connectivity index (χ4v) is 1.28. The third kappa shape index (κ3) is 3.42. The van der Waals surface area contributed by atoms with Crippen molar-refractivity contribution in [2.24, 2.45) is 0 Å². The van der Waals surface area contributed by atoms with Gasteiger partial charge in [0.15, 0.2) is 0 Å². The van der Waals surface area contributed by atoms with Gasteiger partial charge in [-0.3, -0.25) is 4.79 Å². The zero-order valence-corrected chi connectivity index (χ0v) is 9.41. The maximum absolute atomic E-state index is 11.7. The Labute approximate surface area is 89.4 Å². The van der Waals surface area contributed by atoms with Gasteiger partial charge in [-0.05, 0) is 33.6 Å². The predicted molar refractivity (Wildman–Crippen MR) is 55.6 cm³/mol. The molecule has 86 valence electrons. The molecule has 1 fully saturated rings. The van der Waals surface area contributed by atoms with E-state index in [-0.39, 0.29) is 24.2 Å². The van der Waals surface area contributed by atoms with Crippen molar-refractivity contribution in [2.45, 2.75) is 45.2 Å². The predicted octanol–water partition coefficient (Wildman–Crippen LogP) is 1.04. The molecule has 0 radical (unpaired) electrons. The van der Waals surface area contributed by atoms with Gasteiger partial charge in [0.1, 0.15) is 6.54 Å². The summed E-state index contributed by atoms with van der Waals surface area (Å²) in [5, 5.41) is 11.5. The summed E-state index contributed by atoms with van der Waals surface area (Å²) in [5.41, 5.74) is -0.108. The highest BCUT2D eigenvalue weighted by molar-refractivity contribution is 5.81. The van der Waals surface area contributed by atoms with Gasteiger partial charge in [0.05, 0.1) is 0 Å². The highest BCUT2D eigenvalue weighted by Crippen LogP contribution is 2.34. The van der Waals surface area contributed by atoms with E-state index in [2.05, 4.69) is 5.32 Å². The van der Waals surface area contributed by atoms with Gasteiger partial charge in [-0.2, -0.15) is 0 Å². The van der Waals surface area contributed by atoms with Crippen LogP contribution in [-0.4, -0.2) is 40.1 Å². The number of nitrogens with one attached hydrogen (secondary N) is 1. The normalized spacial score (nSPS) is 17.3. The molecule has 0 bridgehead atoms. The Kier molecular flexibility index (Phi) is 3.21. The van der Waals surface area contributed by atoms with E-state index in [0.717, 1.165) is 12.8 Å². The maximum Gasteiger partial charge on any atom is 0.323 e. The first-order chi connectivity index (χ1) is 6.84. The highest BCUT2D eigenvalue weighted by atomic mass is 16.4. The molecule has 5 heteroatoms. The van der Waals surface area contributed by atoms with Crippen LogP contribution in [0.25, 0.3) is 0 Å². The van der Waals surface area contributed by atoms with Crippen LogP contribution < -0.4 is 5.32 Å². The summed E-state index contributed by atoms with van der Waals surface area (Å²) < 4.78 is 0. The van der Waals surface area contributed by atoms with E-state index >= 15 is 0 Å². The second-order valence-corrected chi connectivity index (χ2v) is 4.61. The molecular formula is C10H18N2O3. The molecule has 1 saturated carbocycles. The van der Waals surface area contributed by atoms with Crippen molar-refractivity contribution in [1.29, 1.82) is 0 Å². The summed E-state index contributed by atoms with van der Waals surface area (Å²) in [6.45, 7) is 5.32. The molecule has 0 aromatic rings. The Morgan fingerprint density at radius 1 is 1.47 bits per heavy atom. The van der Waals surface area contributed by atoms with Gasteiger partial charge >= 0.3 is 12.0 Å². The first-order valence-electron chi connectivity index (χ1n) is 5.15. The largest absolute Gasteiger partial charge is 0.480 e. The van der Waals surface area contributed by atoms with E-state index in [9.17, 15) is 9.59 Å². The quantitative estimate of drug-likeness (QED) is 0.734. The van der Waals surface area contributed by atoms with Crippen LogP contribution in [0.15, 0.2) is 0 Å². The van der Waals surface area contributed by atoms with Gasteiger partial charge in [0.2, 0.25) is 0 Å². The molecule has 0 atom stereocenters. The molecule has 0 saturated heterocycles. The minimum atomic E-state index is -0.986. The molecule has 0 aliphatic heterocycles. The van der Waals surface area contributed by atoms with E-state index in [1.807, 2.05) is 6.92 Å². The number of carboxylic acid groups (broad SMARTS) is 1. The fourth-order valence-electron chi connectivity index (χ4n) is 1.28. The SMILES string of the molecule is CC(C)N(CC(=O)O)C(=O)NC1(C)CC1. The third-order valence-corrected chi connectivity index (χ3v) is 2.60. The summed E-state index contributed by atoms with van der Waals surface area (Å²) in [5.74, 6) is -0.986. The lowest BCUT2D eigenvalue weighted by atomic mass is 10.3. The van der Waals surface area contributed by atoms with Crippen molar-refractivity contribution in [3.05, 3.63) is 0 Å². The maximum atomic E-state index is 11.7. The summed E-state index contributed by atoms with van der Waals surface area (Å²) in [6.07, 6.45) is 1.94. The molecule has 0 spiro atoms. The van der Waals surface area contributed by atoms with Gasteiger partial charge in [-0.1, -0.05) is 0 Å². The van der Waals surface area contributed by atoms with Gasteiger partial charge in [0.25, 0.3) is 0 Å². The van der Waals surface area contributed by atoms with Crippen LogP contribution >= 0.6 is 0 Å². The lowest BCUT2D eigenvalue weighted by molar-refractivity contribution is -0.138. The average molecular weight is 214 g/mol. The standard InChI is InChI=1S/C10H18N2O3/c1-7(2)12(6-8(13)14)9(15)11-10(3)4-5-10/h7H,4-6H2,1-3H3,(H,11,15)(H,13,14). The molecule has 0 heterocycles. The number of amides is 2. The molecule has 1 aliphatic carbocycles. The Balaban J connectivity index is 2.54. The number of hydrogen-bond donors (Lipinski definition) is 2. The average Bonchev–Trinajstić information content (AvgIpc) is 2.78. The van der Waals surface area contributed by atoms with Crippen molar-refractivity contribution in [3.8, 4) is 0 Å². The van der Waals surface area contributed by atoms with Crippen LogP contribution in [0, 0.1) is 0 Å². The van der Waals surface area contributed by atoms with E-state index in [1.54, 1.807) is 13.8 Å². The third-order valence-electron chi connectivity index (χ3n) is 2.60. The molecule has 2 N–H and O–H groups in total. The molecule has 0 unspecified atom stereocenters. The van der Waals surface area contributed by atoms with Crippen molar-refractivity contribution < 1.29 is 14.7 Å². The van der Waals surface area contributed by atoms with Gasteiger partial charge in [-0.15, -0.1) is 0 Å². The van der Waals surface area contributed by atoms with Gasteiger partial charge in [0, 0.05) is 11.6 Å². The van der Waals surface area contributed by atoms with Gasteiger partial charge < -0.3 is 15.3 Å². The number of hydrogen-bond acceptors (Lipinski definition) is 2. The van der Waals surface area contributed by atoms with E-state index in [4.69, 9.17) is 5.11 Å². The van der Waals surface area contributed by atoms with Crippen molar-refractivity contribution in [2.75, 3.05) is 6.54 Å². The fraction of sp³-hybridized carbons (Fsp3) is 0.800. The zero-order valence-electron chi connectivity index (χ0n) is 9.41. The lowest BCUT2D eigenvalue weighted by Crippen LogP contribution is -2.49. The van der Waals surface area contributed by atoms with Crippen LogP contribution in [0.4, 0.5) is 4.79 Å². The van der Waals surface area contributed by atoms with E-state index in [0.29, 0.717) is 0 Å². The summed E-state index contributed by atoms with van der Waals surface area (Å²) in [6, 6.07) is -0.393. The molecule has 1 aliphatic rings. The Bertz CT molecular complexity index is 272. The number of rotatable bonds is 4. The van der Waals surface area contributed by atoms with E-state index in [1.165, 1.54) is 4.90 Å². The first kappa shape index (κ1) is 11.8. The van der Waals surface area contributed by atoms with Crippen LogP contribution in [0.5, 0.6) is 0 Å². The zero-order chi connectivity index (χ0) is 11.6. The Hall–Kier alpha value is -1.26. The second kappa shape index (κ2) is 4.08. The lowest BCUT2D eigenvalue weighted by Gasteiger charge is -2.27. The summed E-state index contributed by atoms with van der Waals surface area (Å²) in [7, 11) is 0. The number of urea groups is 1. The summed E-state index contributed by atoms with van der Waals surface area (Å²) >= 11 is 0. The molecule has 15 heavy (non-hydrogen) atoms. The van der Waals surface area contributed by atoms with Crippen LogP contribution in [-0.2, 0) is 4.79 Å². The molecular weight excluding hydrogens is 196 g/mol. The summed E-state index contributed by atoms with van der Waals surface area (Å²) in [4.78, 5) is 23.6. The number of aliphatic carboxylic acids is 1. The number of carboxylic acids is 1. The van der Waals surface area contributed by atoms with Crippen molar-refractivity contribution in [3.63, 3.8) is 0 Å². The molecule has 5 nitrogen and oxygen atoms in total. The Morgan fingerprint density at radius 3 is 2.33 bits per heavy atom. The highest BCUT2D eigenvalue weighted by Gasteiger charge is 2.40. The van der Waals surface area contributed by atoms with E-state index < -0.39 is 5.97 Å². The molecule has 1 rings (SSSR count). The van der Waals surface area contributed by atoms with Crippen molar-refractivity contribution >= 4 is 12.0 Å². The molecule has 2 amide bonds. The smallest absolute Gasteiger partial charge is 0.323 e. The molecule has 0 aromatic heterocycles. The number of carbonyl (C=O) groups is 2. The van der Waals surface area contributed by atoms with Crippen LogP contribution in [0.2, 0.25) is 0 Å². The first-order valence-corrected chi connectivity index (χ1v) is 5.15. The number of nitrogens with zero attached hydrogens (tertiary/aromatic N) is 1. The van der Waals surface area contributed by atoms with Crippen molar-refractivity contribution in [1.82, 2.24) is 10.2 Å². The van der Waals surface area contributed by atoms with Crippen LogP contribution in [0.1, 0.15) is 33.6 Å². The Morgan fingerprint density at radius 2 is 2.00 bits per heavy atom. The minimum Gasteiger partial charge on any atom is -0.480 e. The van der Waals surface area contributed by atoms with Gasteiger partial charge in [-0.25, -0.2) is 4.79 Å². The second-order valence-electron chi connectivity index (χ2n) is 4.61. The topological polar surface area (TPSA) is 69.6 Å². The monoisotopic (exact) mass is 214 g/mol. The van der Waals surface area contributed by atoms with Crippen LogP contribution in [0.3, 0.4) is 0 Å². The molecule has 0 aromatic carbocycles.